The Hall–Kier alpha value is -0.460. The second kappa shape index (κ2) is 9.63. The molecule has 0 rings (SSSR count). The molecule has 0 aliphatic heterocycles. The molecule has 1 heteroatoms. The van der Waals surface area contributed by atoms with E-state index in [1.165, 1.54) is 37.7 Å². The average molecular weight is 184 g/mol. The first-order chi connectivity index (χ1) is 6.35. The molecule has 0 saturated heterocycles. The molecule has 0 fully saturated rings. The smallest absolute Gasteiger partial charge is 0.0873 e. The van der Waals surface area contributed by atoms with Crippen molar-refractivity contribution in [3.8, 4) is 0 Å². The lowest BCUT2D eigenvalue weighted by Gasteiger charge is -2.04. The maximum Gasteiger partial charge on any atom is 0.0873 e. The van der Waals surface area contributed by atoms with Crippen molar-refractivity contribution in [1.29, 1.82) is 0 Å². The standard InChI is InChI=1S/C12H24O/c1-4-7-9-12(6-3)11-13-10-8-5-2/h11H,4-10H2,1-3H3/b12-11+. The number of hydrogen-bond donors (Lipinski definition) is 0. The van der Waals surface area contributed by atoms with Gasteiger partial charge in [-0.2, -0.15) is 0 Å². The second-order valence-corrected chi connectivity index (χ2v) is 3.46. The predicted molar refractivity (Wildman–Crippen MR) is 58.8 cm³/mol. The molecule has 0 aliphatic rings. The molecule has 0 bridgehead atoms. The first kappa shape index (κ1) is 12.5. The minimum Gasteiger partial charge on any atom is -0.501 e. The van der Waals surface area contributed by atoms with E-state index in [4.69, 9.17) is 4.74 Å². The third kappa shape index (κ3) is 7.89. The van der Waals surface area contributed by atoms with Crippen molar-refractivity contribution < 1.29 is 4.74 Å². The predicted octanol–water partition coefficient (Wildman–Crippen LogP) is 4.29. The van der Waals surface area contributed by atoms with Crippen LogP contribution in [0, 0.1) is 0 Å². The monoisotopic (exact) mass is 184 g/mol. The lowest BCUT2D eigenvalue weighted by molar-refractivity contribution is 0.239. The summed E-state index contributed by atoms with van der Waals surface area (Å²) in [7, 11) is 0. The summed E-state index contributed by atoms with van der Waals surface area (Å²) in [4.78, 5) is 0. The van der Waals surface area contributed by atoms with Crippen LogP contribution in [-0.4, -0.2) is 6.61 Å². The van der Waals surface area contributed by atoms with Crippen molar-refractivity contribution in [3.63, 3.8) is 0 Å². The summed E-state index contributed by atoms with van der Waals surface area (Å²) >= 11 is 0. The molecule has 0 aliphatic carbocycles. The Morgan fingerprint density at radius 1 is 1.08 bits per heavy atom. The SMILES string of the molecule is CCCCO/C=C(\CC)CCCC. The molecule has 0 radical (unpaired) electrons. The molecule has 0 saturated carbocycles. The van der Waals surface area contributed by atoms with Gasteiger partial charge >= 0.3 is 0 Å². The normalized spacial score (nSPS) is 11.8. The summed E-state index contributed by atoms with van der Waals surface area (Å²) in [5.74, 6) is 0. The lowest BCUT2D eigenvalue weighted by Crippen LogP contribution is -1.89. The van der Waals surface area contributed by atoms with Crippen molar-refractivity contribution in [2.45, 2.75) is 59.3 Å². The molecule has 0 aromatic heterocycles. The number of hydrogen-bond acceptors (Lipinski definition) is 1. The number of ether oxygens (including phenoxy) is 1. The zero-order valence-corrected chi connectivity index (χ0v) is 9.44. The van der Waals surface area contributed by atoms with E-state index < -0.39 is 0 Å². The number of rotatable bonds is 8. The Balaban J connectivity index is 3.52. The van der Waals surface area contributed by atoms with Crippen LogP contribution < -0.4 is 0 Å². The minimum absolute atomic E-state index is 0.881. The van der Waals surface area contributed by atoms with E-state index in [-0.39, 0.29) is 0 Å². The molecule has 0 amide bonds. The van der Waals surface area contributed by atoms with Gasteiger partial charge in [-0.15, -0.1) is 0 Å². The van der Waals surface area contributed by atoms with Crippen LogP contribution in [0.1, 0.15) is 59.3 Å². The highest BCUT2D eigenvalue weighted by atomic mass is 16.5. The van der Waals surface area contributed by atoms with E-state index in [0.717, 1.165) is 13.0 Å². The topological polar surface area (TPSA) is 9.23 Å². The van der Waals surface area contributed by atoms with Crippen molar-refractivity contribution in [3.05, 3.63) is 11.8 Å². The Morgan fingerprint density at radius 2 is 1.77 bits per heavy atom. The maximum atomic E-state index is 5.46. The summed E-state index contributed by atoms with van der Waals surface area (Å²) in [6.45, 7) is 7.49. The highest BCUT2D eigenvalue weighted by molar-refractivity contribution is 4.96. The van der Waals surface area contributed by atoms with Gasteiger partial charge in [0.25, 0.3) is 0 Å². The van der Waals surface area contributed by atoms with Crippen molar-refractivity contribution in [2.75, 3.05) is 6.61 Å². The molecule has 0 spiro atoms. The van der Waals surface area contributed by atoms with Crippen LogP contribution in [0.2, 0.25) is 0 Å². The first-order valence-electron chi connectivity index (χ1n) is 5.64. The van der Waals surface area contributed by atoms with Gasteiger partial charge in [-0.3, -0.25) is 0 Å². The molecular formula is C12H24O. The van der Waals surface area contributed by atoms with E-state index in [2.05, 4.69) is 20.8 Å². The summed E-state index contributed by atoms with van der Waals surface area (Å²) < 4.78 is 5.46. The zero-order valence-electron chi connectivity index (χ0n) is 9.44. The van der Waals surface area contributed by atoms with Crippen LogP contribution in [0.5, 0.6) is 0 Å². The highest BCUT2D eigenvalue weighted by Gasteiger charge is 1.93. The number of allylic oxidation sites excluding steroid dienone is 1. The Morgan fingerprint density at radius 3 is 2.31 bits per heavy atom. The first-order valence-corrected chi connectivity index (χ1v) is 5.64. The molecule has 0 unspecified atom stereocenters. The summed E-state index contributed by atoms with van der Waals surface area (Å²) in [6, 6.07) is 0. The van der Waals surface area contributed by atoms with Crippen LogP contribution in [0.4, 0.5) is 0 Å². The summed E-state index contributed by atoms with van der Waals surface area (Å²) in [5, 5.41) is 0. The van der Waals surface area contributed by atoms with Crippen molar-refractivity contribution >= 4 is 0 Å². The van der Waals surface area contributed by atoms with Gasteiger partial charge in [0.05, 0.1) is 12.9 Å². The van der Waals surface area contributed by atoms with Crippen molar-refractivity contribution in [2.24, 2.45) is 0 Å². The fourth-order valence-electron chi connectivity index (χ4n) is 1.13. The van der Waals surface area contributed by atoms with Crippen LogP contribution in [-0.2, 0) is 4.74 Å². The molecule has 0 aromatic rings. The fourth-order valence-corrected chi connectivity index (χ4v) is 1.13. The largest absolute Gasteiger partial charge is 0.501 e. The molecule has 0 N–H and O–H groups in total. The summed E-state index contributed by atoms with van der Waals surface area (Å²) in [6.07, 6.45) is 9.26. The molecule has 13 heavy (non-hydrogen) atoms. The molecule has 0 heterocycles. The fraction of sp³-hybridized carbons (Fsp3) is 0.833. The van der Waals surface area contributed by atoms with E-state index in [0.29, 0.717) is 0 Å². The van der Waals surface area contributed by atoms with Gasteiger partial charge in [-0.25, -0.2) is 0 Å². The third-order valence-electron chi connectivity index (χ3n) is 2.17. The molecule has 78 valence electrons. The zero-order chi connectivity index (χ0) is 9.94. The Labute approximate surface area is 83.2 Å². The van der Waals surface area contributed by atoms with Gasteiger partial charge in [0.15, 0.2) is 0 Å². The van der Waals surface area contributed by atoms with Gasteiger partial charge in [-0.1, -0.05) is 33.6 Å². The van der Waals surface area contributed by atoms with Crippen LogP contribution >= 0.6 is 0 Å². The lowest BCUT2D eigenvalue weighted by atomic mass is 10.1. The molecule has 1 nitrogen and oxygen atoms in total. The van der Waals surface area contributed by atoms with E-state index in [9.17, 15) is 0 Å². The van der Waals surface area contributed by atoms with Gasteiger partial charge < -0.3 is 4.74 Å². The second-order valence-electron chi connectivity index (χ2n) is 3.46. The van der Waals surface area contributed by atoms with Gasteiger partial charge in [0.2, 0.25) is 0 Å². The third-order valence-corrected chi connectivity index (χ3v) is 2.17. The van der Waals surface area contributed by atoms with E-state index in [1.807, 2.05) is 6.26 Å². The molecule has 0 atom stereocenters. The molecule has 0 aromatic carbocycles. The Bertz CT molecular complexity index is 127. The number of unbranched alkanes of at least 4 members (excludes halogenated alkanes) is 2. The maximum absolute atomic E-state index is 5.46. The van der Waals surface area contributed by atoms with Crippen LogP contribution in [0.3, 0.4) is 0 Å². The van der Waals surface area contributed by atoms with Gasteiger partial charge in [0, 0.05) is 0 Å². The summed E-state index contributed by atoms with van der Waals surface area (Å²) in [5.41, 5.74) is 1.46. The van der Waals surface area contributed by atoms with Gasteiger partial charge in [0.1, 0.15) is 0 Å². The average Bonchev–Trinajstić information content (AvgIpc) is 2.17. The molecular weight excluding hydrogens is 160 g/mol. The Kier molecular flexibility index (Phi) is 9.29. The quantitative estimate of drug-likeness (QED) is 0.404. The van der Waals surface area contributed by atoms with Gasteiger partial charge in [-0.05, 0) is 31.3 Å². The minimum atomic E-state index is 0.881. The van der Waals surface area contributed by atoms with E-state index in [1.54, 1.807) is 0 Å². The highest BCUT2D eigenvalue weighted by Crippen LogP contribution is 2.11. The van der Waals surface area contributed by atoms with Crippen molar-refractivity contribution in [1.82, 2.24) is 0 Å². The van der Waals surface area contributed by atoms with Crippen LogP contribution in [0.15, 0.2) is 11.8 Å². The van der Waals surface area contributed by atoms with Crippen LogP contribution in [0.25, 0.3) is 0 Å². The van der Waals surface area contributed by atoms with E-state index >= 15 is 0 Å².